The van der Waals surface area contributed by atoms with Crippen LogP contribution in [0.25, 0.3) is 0 Å². The van der Waals surface area contributed by atoms with Gasteiger partial charge in [-0.05, 0) is 30.4 Å². The van der Waals surface area contributed by atoms with Crippen molar-refractivity contribution in [3.05, 3.63) is 83.9 Å². The fourth-order valence-corrected chi connectivity index (χ4v) is 4.64. The number of hydrogen-bond acceptors (Lipinski definition) is 3. The van der Waals surface area contributed by atoms with Crippen molar-refractivity contribution < 1.29 is 14.4 Å². The number of hydrogen-bond donors (Lipinski definition) is 1. The van der Waals surface area contributed by atoms with Crippen LogP contribution in [0, 0.1) is 11.8 Å². The van der Waals surface area contributed by atoms with Crippen molar-refractivity contribution >= 4 is 17.7 Å². The lowest BCUT2D eigenvalue weighted by Crippen LogP contribution is -2.35. The van der Waals surface area contributed by atoms with Crippen LogP contribution in [0.1, 0.15) is 42.7 Å². The number of likely N-dealkylation sites (tertiary alicyclic amines) is 1. The Kier molecular flexibility index (Phi) is 6.60. The first-order valence-electron chi connectivity index (χ1n) is 11.0. The van der Waals surface area contributed by atoms with E-state index in [4.69, 9.17) is 0 Å². The lowest BCUT2D eigenvalue weighted by molar-refractivity contribution is -0.140. The van der Waals surface area contributed by atoms with E-state index in [0.29, 0.717) is 19.4 Å². The molecule has 1 aliphatic carbocycles. The van der Waals surface area contributed by atoms with Crippen molar-refractivity contribution in [3.8, 4) is 0 Å². The van der Waals surface area contributed by atoms with Gasteiger partial charge >= 0.3 is 0 Å². The molecule has 1 fully saturated rings. The van der Waals surface area contributed by atoms with E-state index in [1.54, 1.807) is 0 Å². The van der Waals surface area contributed by atoms with E-state index in [0.717, 1.165) is 6.42 Å². The van der Waals surface area contributed by atoms with Crippen LogP contribution in [0.4, 0.5) is 0 Å². The molecule has 160 valence electrons. The number of nitrogens with one attached hydrogen (secondary N) is 1. The molecule has 2 aromatic rings. The average Bonchev–Trinajstić information content (AvgIpc) is 3.06. The molecule has 5 nitrogen and oxygen atoms in total. The highest BCUT2D eigenvalue weighted by atomic mass is 16.2. The average molecular weight is 417 g/mol. The number of amides is 3. The lowest BCUT2D eigenvalue weighted by Gasteiger charge is -2.19. The second kappa shape index (κ2) is 9.73. The predicted octanol–water partition coefficient (Wildman–Crippen LogP) is 3.67. The molecule has 3 amide bonds. The molecule has 0 aromatic heterocycles. The highest BCUT2D eigenvalue weighted by molar-refractivity contribution is 6.05. The van der Waals surface area contributed by atoms with E-state index >= 15 is 0 Å². The van der Waals surface area contributed by atoms with Crippen molar-refractivity contribution in [2.45, 2.75) is 31.6 Å². The molecule has 0 saturated carbocycles. The summed E-state index contributed by atoms with van der Waals surface area (Å²) in [4.78, 5) is 38.7. The molecule has 2 aliphatic rings. The van der Waals surface area contributed by atoms with Crippen LogP contribution >= 0.6 is 0 Å². The third-order valence-corrected chi connectivity index (χ3v) is 6.32. The van der Waals surface area contributed by atoms with Gasteiger partial charge in [-0.1, -0.05) is 72.8 Å². The monoisotopic (exact) mass is 416 g/mol. The largest absolute Gasteiger partial charge is 0.356 e. The second-order valence-corrected chi connectivity index (χ2v) is 8.25. The third kappa shape index (κ3) is 4.76. The molecular formula is C26H28N2O3. The van der Waals surface area contributed by atoms with E-state index < -0.39 is 0 Å². The molecule has 0 unspecified atom stereocenters. The standard InChI is InChI=1S/C26H28N2O3/c29-24(16-18-28-25(30)22-13-7-8-14-23(22)26(28)31)27-17-15-21(19-9-3-1-4-10-19)20-11-5-2-6-12-20/h1-12,21-23H,13-18H2,(H,27,29)/t22-,23+. The second-order valence-electron chi connectivity index (χ2n) is 8.25. The Bertz CT molecular complexity index is 890. The Morgan fingerprint density at radius 1 is 0.871 bits per heavy atom. The molecule has 0 spiro atoms. The fourth-order valence-electron chi connectivity index (χ4n) is 4.64. The van der Waals surface area contributed by atoms with Gasteiger partial charge in [-0.2, -0.15) is 0 Å². The smallest absolute Gasteiger partial charge is 0.233 e. The zero-order valence-corrected chi connectivity index (χ0v) is 17.6. The molecule has 1 heterocycles. The Labute approximate surface area is 183 Å². The zero-order chi connectivity index (χ0) is 21.6. The fraction of sp³-hybridized carbons (Fsp3) is 0.346. The number of carbonyl (C=O) groups is 3. The number of imide groups is 1. The number of fused-ring (bicyclic) bond motifs is 1. The highest BCUT2D eigenvalue weighted by Crippen LogP contribution is 2.35. The molecule has 2 aromatic carbocycles. The van der Waals surface area contributed by atoms with Crippen molar-refractivity contribution in [2.75, 3.05) is 13.1 Å². The summed E-state index contributed by atoms with van der Waals surface area (Å²) in [5, 5.41) is 2.97. The van der Waals surface area contributed by atoms with Gasteiger partial charge in [0, 0.05) is 25.4 Å². The van der Waals surface area contributed by atoms with E-state index in [2.05, 4.69) is 29.6 Å². The van der Waals surface area contributed by atoms with Crippen LogP contribution in [0.3, 0.4) is 0 Å². The molecule has 1 saturated heterocycles. The maximum atomic E-state index is 12.5. The molecule has 1 aliphatic heterocycles. The van der Waals surface area contributed by atoms with E-state index in [1.165, 1.54) is 16.0 Å². The molecule has 4 rings (SSSR count). The van der Waals surface area contributed by atoms with E-state index in [1.807, 2.05) is 48.6 Å². The van der Waals surface area contributed by atoms with Crippen LogP contribution in [-0.4, -0.2) is 35.7 Å². The highest BCUT2D eigenvalue weighted by Gasteiger charge is 2.46. The first-order valence-corrected chi connectivity index (χ1v) is 11.0. The summed E-state index contributed by atoms with van der Waals surface area (Å²) in [5.41, 5.74) is 2.43. The van der Waals surface area contributed by atoms with Gasteiger partial charge < -0.3 is 5.32 Å². The summed E-state index contributed by atoms with van der Waals surface area (Å²) < 4.78 is 0. The minimum absolute atomic E-state index is 0.125. The Hall–Kier alpha value is -3.21. The molecule has 0 radical (unpaired) electrons. The number of nitrogens with zero attached hydrogens (tertiary/aromatic N) is 1. The lowest BCUT2D eigenvalue weighted by atomic mass is 9.85. The Morgan fingerprint density at radius 2 is 1.39 bits per heavy atom. The van der Waals surface area contributed by atoms with Crippen LogP contribution in [0.5, 0.6) is 0 Å². The van der Waals surface area contributed by atoms with Gasteiger partial charge in [-0.15, -0.1) is 0 Å². The molecule has 31 heavy (non-hydrogen) atoms. The van der Waals surface area contributed by atoms with Gasteiger partial charge in [-0.3, -0.25) is 19.3 Å². The Balaban J connectivity index is 1.29. The molecule has 2 atom stereocenters. The minimum atomic E-state index is -0.238. The van der Waals surface area contributed by atoms with Gasteiger partial charge in [0.25, 0.3) is 0 Å². The van der Waals surface area contributed by atoms with Gasteiger partial charge in [0.05, 0.1) is 11.8 Å². The number of benzene rings is 2. The maximum absolute atomic E-state index is 12.5. The molecule has 5 heteroatoms. The minimum Gasteiger partial charge on any atom is -0.356 e. The summed E-state index contributed by atoms with van der Waals surface area (Å²) in [6, 6.07) is 20.6. The molecule has 1 N–H and O–H groups in total. The SMILES string of the molecule is O=C(CCN1C(=O)[C@H]2CC=CC[C@H]2C1=O)NCCC(c1ccccc1)c1ccccc1. The zero-order valence-electron chi connectivity index (χ0n) is 17.6. The predicted molar refractivity (Wildman–Crippen MR) is 119 cm³/mol. The van der Waals surface area contributed by atoms with Crippen molar-refractivity contribution in [3.63, 3.8) is 0 Å². The first-order chi connectivity index (χ1) is 15.1. The number of allylic oxidation sites excluding steroid dienone is 2. The van der Waals surface area contributed by atoms with Crippen molar-refractivity contribution in [1.29, 1.82) is 0 Å². The topological polar surface area (TPSA) is 66.5 Å². The van der Waals surface area contributed by atoms with Gasteiger partial charge in [0.15, 0.2) is 0 Å². The molecule has 0 bridgehead atoms. The summed E-state index contributed by atoms with van der Waals surface area (Å²) in [6.07, 6.45) is 6.11. The normalized spacial score (nSPS) is 20.2. The molecular weight excluding hydrogens is 388 g/mol. The van der Waals surface area contributed by atoms with Crippen LogP contribution < -0.4 is 5.32 Å². The third-order valence-electron chi connectivity index (χ3n) is 6.32. The van der Waals surface area contributed by atoms with Crippen LogP contribution in [0.2, 0.25) is 0 Å². The summed E-state index contributed by atoms with van der Waals surface area (Å²) in [6.45, 7) is 0.696. The quantitative estimate of drug-likeness (QED) is 0.527. The van der Waals surface area contributed by atoms with Gasteiger partial charge in [0.1, 0.15) is 0 Å². The van der Waals surface area contributed by atoms with Crippen molar-refractivity contribution in [2.24, 2.45) is 11.8 Å². The Morgan fingerprint density at radius 3 is 1.90 bits per heavy atom. The van der Waals surface area contributed by atoms with Gasteiger partial charge in [0.2, 0.25) is 17.7 Å². The van der Waals surface area contributed by atoms with E-state index in [9.17, 15) is 14.4 Å². The maximum Gasteiger partial charge on any atom is 0.233 e. The van der Waals surface area contributed by atoms with Crippen LogP contribution in [0.15, 0.2) is 72.8 Å². The van der Waals surface area contributed by atoms with Crippen LogP contribution in [-0.2, 0) is 14.4 Å². The van der Waals surface area contributed by atoms with E-state index in [-0.39, 0.29) is 48.4 Å². The summed E-state index contributed by atoms with van der Waals surface area (Å²) >= 11 is 0. The number of rotatable bonds is 8. The van der Waals surface area contributed by atoms with Gasteiger partial charge in [-0.25, -0.2) is 0 Å². The summed E-state index contributed by atoms with van der Waals surface area (Å²) in [5.74, 6) is -0.662. The number of carbonyl (C=O) groups excluding carboxylic acids is 3. The van der Waals surface area contributed by atoms with Crippen molar-refractivity contribution in [1.82, 2.24) is 10.2 Å². The first kappa shape index (κ1) is 21.0. The summed E-state index contributed by atoms with van der Waals surface area (Å²) in [7, 11) is 0.